The Labute approximate surface area is 125 Å². The molecule has 6 heteroatoms. The van der Waals surface area contributed by atoms with E-state index in [2.05, 4.69) is 32.1 Å². The van der Waals surface area contributed by atoms with Gasteiger partial charge in [-0.05, 0) is 38.8 Å². The Morgan fingerprint density at radius 2 is 2.20 bits per heavy atom. The third kappa shape index (κ3) is 2.56. The maximum Gasteiger partial charge on any atom is 0.224 e. The van der Waals surface area contributed by atoms with Gasteiger partial charge in [-0.15, -0.1) is 0 Å². The second kappa shape index (κ2) is 5.74. The Morgan fingerprint density at radius 3 is 3.00 bits per heavy atom. The van der Waals surface area contributed by atoms with E-state index in [4.69, 9.17) is 11.6 Å². The van der Waals surface area contributed by atoms with E-state index >= 15 is 0 Å². The summed E-state index contributed by atoms with van der Waals surface area (Å²) in [5, 5.41) is 3.63. The first-order valence-electron chi connectivity index (χ1n) is 7.34. The minimum Gasteiger partial charge on any atom is -0.357 e. The summed E-state index contributed by atoms with van der Waals surface area (Å²) in [7, 11) is 4.08. The van der Waals surface area contributed by atoms with Crippen LogP contribution in [0.3, 0.4) is 0 Å². The first kappa shape index (κ1) is 13.9. The van der Waals surface area contributed by atoms with Gasteiger partial charge >= 0.3 is 0 Å². The standard InChI is InChI=1S/C14H22ClN5/c1-16-14-17-8-11(15)13(18-14)20-7-5-12-10(9-20)4-3-6-19(12)2/h8,10,12H,3-7,9H2,1-2H3,(H,16,17,18). The topological polar surface area (TPSA) is 44.3 Å². The van der Waals surface area contributed by atoms with E-state index < -0.39 is 0 Å². The molecule has 5 nitrogen and oxygen atoms in total. The quantitative estimate of drug-likeness (QED) is 0.905. The second-order valence-electron chi connectivity index (χ2n) is 5.80. The zero-order valence-corrected chi connectivity index (χ0v) is 12.9. The Bertz CT molecular complexity index is 481. The highest BCUT2D eigenvalue weighted by Gasteiger charge is 2.35. The van der Waals surface area contributed by atoms with Gasteiger partial charge in [-0.3, -0.25) is 0 Å². The van der Waals surface area contributed by atoms with Crippen LogP contribution in [0.15, 0.2) is 6.20 Å². The molecule has 1 aromatic heterocycles. The summed E-state index contributed by atoms with van der Waals surface area (Å²) in [5.74, 6) is 2.23. The van der Waals surface area contributed by atoms with Crippen molar-refractivity contribution in [1.29, 1.82) is 0 Å². The van der Waals surface area contributed by atoms with Gasteiger partial charge in [0.05, 0.1) is 6.20 Å². The number of rotatable bonds is 2. The molecule has 3 rings (SSSR count). The molecule has 2 aliphatic rings. The predicted molar refractivity (Wildman–Crippen MR) is 82.6 cm³/mol. The average Bonchev–Trinajstić information content (AvgIpc) is 2.48. The van der Waals surface area contributed by atoms with E-state index in [1.807, 2.05) is 7.05 Å². The lowest BCUT2D eigenvalue weighted by Gasteiger charge is -2.46. The van der Waals surface area contributed by atoms with E-state index in [9.17, 15) is 0 Å². The number of halogens is 1. The third-order valence-corrected chi connectivity index (χ3v) is 4.86. The van der Waals surface area contributed by atoms with Crippen LogP contribution in [0.25, 0.3) is 0 Å². The number of fused-ring (bicyclic) bond motifs is 1. The van der Waals surface area contributed by atoms with Crippen LogP contribution in [-0.2, 0) is 0 Å². The predicted octanol–water partition coefficient (Wildman–Crippen LogP) is 2.09. The zero-order chi connectivity index (χ0) is 14.1. The van der Waals surface area contributed by atoms with Crippen molar-refractivity contribution >= 4 is 23.4 Å². The van der Waals surface area contributed by atoms with Gasteiger partial charge in [0.15, 0.2) is 5.82 Å². The lowest BCUT2D eigenvalue weighted by molar-refractivity contribution is 0.102. The van der Waals surface area contributed by atoms with Gasteiger partial charge in [0.2, 0.25) is 5.95 Å². The van der Waals surface area contributed by atoms with Crippen molar-refractivity contribution in [3.05, 3.63) is 11.2 Å². The van der Waals surface area contributed by atoms with E-state index in [0.717, 1.165) is 30.9 Å². The maximum absolute atomic E-state index is 6.29. The van der Waals surface area contributed by atoms with Crippen LogP contribution in [-0.4, -0.2) is 54.6 Å². The van der Waals surface area contributed by atoms with E-state index in [1.165, 1.54) is 25.8 Å². The van der Waals surface area contributed by atoms with Crippen LogP contribution in [0.4, 0.5) is 11.8 Å². The molecule has 0 aromatic carbocycles. The minimum atomic E-state index is 0.632. The number of anilines is 2. The molecule has 2 saturated heterocycles. The number of nitrogens with one attached hydrogen (secondary N) is 1. The molecule has 0 aliphatic carbocycles. The minimum absolute atomic E-state index is 0.632. The Morgan fingerprint density at radius 1 is 1.35 bits per heavy atom. The molecule has 0 spiro atoms. The number of likely N-dealkylation sites (tertiary alicyclic amines) is 1. The summed E-state index contributed by atoms with van der Waals surface area (Å²) in [5.41, 5.74) is 0. The van der Waals surface area contributed by atoms with Crippen LogP contribution in [0.1, 0.15) is 19.3 Å². The summed E-state index contributed by atoms with van der Waals surface area (Å²) in [6.45, 7) is 3.31. The van der Waals surface area contributed by atoms with Crippen molar-refractivity contribution in [3.8, 4) is 0 Å². The lowest BCUT2D eigenvalue weighted by atomic mass is 9.84. The molecule has 1 aromatic rings. The molecule has 20 heavy (non-hydrogen) atoms. The van der Waals surface area contributed by atoms with E-state index in [-0.39, 0.29) is 0 Å². The van der Waals surface area contributed by atoms with Gasteiger partial charge in [0, 0.05) is 26.2 Å². The van der Waals surface area contributed by atoms with Crippen LogP contribution in [0.5, 0.6) is 0 Å². The fourth-order valence-corrected chi connectivity index (χ4v) is 3.76. The molecular weight excluding hydrogens is 274 g/mol. The number of hydrogen-bond acceptors (Lipinski definition) is 5. The number of nitrogens with zero attached hydrogens (tertiary/aromatic N) is 4. The smallest absolute Gasteiger partial charge is 0.224 e. The normalized spacial score (nSPS) is 27.2. The lowest BCUT2D eigenvalue weighted by Crippen LogP contribution is -2.53. The van der Waals surface area contributed by atoms with Gasteiger partial charge < -0.3 is 15.1 Å². The van der Waals surface area contributed by atoms with Crippen molar-refractivity contribution < 1.29 is 0 Å². The molecule has 0 bridgehead atoms. The molecule has 110 valence electrons. The van der Waals surface area contributed by atoms with Gasteiger partial charge in [-0.25, -0.2) is 4.98 Å². The van der Waals surface area contributed by atoms with Crippen LogP contribution in [0, 0.1) is 5.92 Å². The summed E-state index contributed by atoms with van der Waals surface area (Å²) in [4.78, 5) is 13.5. The summed E-state index contributed by atoms with van der Waals surface area (Å²) in [6, 6.07) is 0.726. The van der Waals surface area contributed by atoms with Gasteiger partial charge in [-0.2, -0.15) is 4.98 Å². The van der Waals surface area contributed by atoms with Gasteiger partial charge in [-0.1, -0.05) is 11.6 Å². The van der Waals surface area contributed by atoms with E-state index in [0.29, 0.717) is 11.0 Å². The Hall–Kier alpha value is -1.07. The molecule has 1 N–H and O–H groups in total. The van der Waals surface area contributed by atoms with Crippen LogP contribution >= 0.6 is 11.6 Å². The van der Waals surface area contributed by atoms with E-state index in [1.54, 1.807) is 6.20 Å². The molecule has 2 fully saturated rings. The van der Waals surface area contributed by atoms with Crippen LogP contribution in [0.2, 0.25) is 5.02 Å². The first-order chi connectivity index (χ1) is 9.69. The van der Waals surface area contributed by atoms with Crippen molar-refractivity contribution in [3.63, 3.8) is 0 Å². The molecule has 0 saturated carbocycles. The maximum atomic E-state index is 6.29. The molecule has 3 heterocycles. The molecule has 2 unspecified atom stereocenters. The largest absolute Gasteiger partial charge is 0.357 e. The molecule has 0 amide bonds. The van der Waals surface area contributed by atoms with Crippen molar-refractivity contribution in [2.75, 3.05) is 43.9 Å². The van der Waals surface area contributed by atoms with Crippen molar-refractivity contribution in [1.82, 2.24) is 14.9 Å². The monoisotopic (exact) mass is 295 g/mol. The summed E-state index contributed by atoms with van der Waals surface area (Å²) >= 11 is 6.29. The fourth-order valence-electron chi connectivity index (χ4n) is 3.55. The highest BCUT2D eigenvalue weighted by Crippen LogP contribution is 2.33. The summed E-state index contributed by atoms with van der Waals surface area (Å²) < 4.78 is 0. The Balaban J connectivity index is 1.79. The molecule has 2 aliphatic heterocycles. The highest BCUT2D eigenvalue weighted by atomic mass is 35.5. The average molecular weight is 296 g/mol. The highest BCUT2D eigenvalue weighted by molar-refractivity contribution is 6.32. The number of piperidine rings is 2. The molecule has 2 atom stereocenters. The van der Waals surface area contributed by atoms with Crippen molar-refractivity contribution in [2.45, 2.75) is 25.3 Å². The van der Waals surface area contributed by atoms with Gasteiger partial charge in [0.1, 0.15) is 5.02 Å². The fraction of sp³-hybridized carbons (Fsp3) is 0.714. The second-order valence-corrected chi connectivity index (χ2v) is 6.21. The van der Waals surface area contributed by atoms with Crippen molar-refractivity contribution in [2.24, 2.45) is 5.92 Å². The summed E-state index contributed by atoms with van der Waals surface area (Å²) in [6.07, 6.45) is 5.49. The molecular formula is C14H22ClN5. The number of hydrogen-bond donors (Lipinski definition) is 1. The van der Waals surface area contributed by atoms with Crippen LogP contribution < -0.4 is 10.2 Å². The van der Waals surface area contributed by atoms with Gasteiger partial charge in [0.25, 0.3) is 0 Å². The zero-order valence-electron chi connectivity index (χ0n) is 12.1. The SMILES string of the molecule is CNc1ncc(Cl)c(N2CCC3C(CCCN3C)C2)n1. The molecule has 0 radical (unpaired) electrons. The number of aromatic nitrogens is 2. The first-order valence-corrected chi connectivity index (χ1v) is 7.72. The Kier molecular flexibility index (Phi) is 3.98. The third-order valence-electron chi connectivity index (χ3n) is 4.59.